The Morgan fingerprint density at radius 2 is 2.19 bits per heavy atom. The zero-order valence-electron chi connectivity index (χ0n) is 9.32. The molecular weight excluding hydrogens is 202 g/mol. The summed E-state index contributed by atoms with van der Waals surface area (Å²) in [5.74, 6) is 0.153. The molecule has 84 valence electrons. The number of furan rings is 1. The van der Waals surface area contributed by atoms with Gasteiger partial charge in [-0.25, -0.2) is 0 Å². The summed E-state index contributed by atoms with van der Waals surface area (Å²) in [5.41, 5.74) is 1.48. The Hall–Kier alpha value is -1.61. The Labute approximate surface area is 94.4 Å². The van der Waals surface area contributed by atoms with Crippen LogP contribution in [0.2, 0.25) is 0 Å². The number of hydrogen-bond donors (Lipinski definition) is 1. The molecule has 0 atom stereocenters. The summed E-state index contributed by atoms with van der Waals surface area (Å²) in [7, 11) is 1.89. The van der Waals surface area contributed by atoms with E-state index in [0.717, 1.165) is 23.9 Å². The van der Waals surface area contributed by atoms with E-state index < -0.39 is 0 Å². The minimum absolute atomic E-state index is 0.153. The van der Waals surface area contributed by atoms with Crippen LogP contribution in [-0.4, -0.2) is 19.4 Å². The van der Waals surface area contributed by atoms with Crippen molar-refractivity contribution in [3.8, 4) is 0 Å². The Morgan fingerprint density at radius 1 is 1.38 bits per heavy atom. The number of Topliss-reactive ketones (excluding diaryl/α,β-unsaturated/α-hetero) is 1. The van der Waals surface area contributed by atoms with E-state index in [0.29, 0.717) is 12.0 Å². The molecule has 0 bridgehead atoms. The molecule has 1 aromatic heterocycles. The molecule has 0 aliphatic rings. The molecule has 0 saturated carbocycles. The number of ketones is 1. The summed E-state index contributed by atoms with van der Waals surface area (Å²) in [6.07, 6.45) is 2.98. The third kappa shape index (κ3) is 2.14. The molecule has 1 N–H and O–H groups in total. The average Bonchev–Trinajstić information content (AvgIpc) is 2.73. The maximum Gasteiger partial charge on any atom is 0.166 e. The Balaban J connectivity index is 2.17. The molecule has 0 fully saturated rings. The Kier molecular flexibility index (Phi) is 3.37. The second-order valence-electron chi connectivity index (χ2n) is 3.78. The van der Waals surface area contributed by atoms with Crippen LogP contribution in [0.4, 0.5) is 0 Å². The molecule has 0 radical (unpaired) electrons. The first-order chi connectivity index (χ1) is 7.83. The largest absolute Gasteiger partial charge is 0.464 e. The van der Waals surface area contributed by atoms with E-state index in [1.165, 1.54) is 0 Å². The van der Waals surface area contributed by atoms with Crippen molar-refractivity contribution in [1.29, 1.82) is 0 Å². The van der Waals surface area contributed by atoms with E-state index in [1.54, 1.807) is 6.26 Å². The first-order valence-corrected chi connectivity index (χ1v) is 5.47. The van der Waals surface area contributed by atoms with E-state index >= 15 is 0 Å². The monoisotopic (exact) mass is 217 g/mol. The van der Waals surface area contributed by atoms with Crippen molar-refractivity contribution in [1.82, 2.24) is 5.32 Å². The molecule has 1 heterocycles. The van der Waals surface area contributed by atoms with Crippen molar-refractivity contribution in [3.63, 3.8) is 0 Å². The molecule has 3 nitrogen and oxygen atoms in total. The highest BCUT2D eigenvalue weighted by Crippen LogP contribution is 2.22. The highest BCUT2D eigenvalue weighted by molar-refractivity contribution is 6.07. The fraction of sp³-hybridized carbons (Fsp3) is 0.308. The van der Waals surface area contributed by atoms with Crippen molar-refractivity contribution in [3.05, 3.63) is 36.1 Å². The topological polar surface area (TPSA) is 42.2 Å². The van der Waals surface area contributed by atoms with Crippen LogP contribution < -0.4 is 5.32 Å². The zero-order valence-corrected chi connectivity index (χ0v) is 9.32. The van der Waals surface area contributed by atoms with Crippen molar-refractivity contribution in [2.75, 3.05) is 13.6 Å². The summed E-state index contributed by atoms with van der Waals surface area (Å²) in [6, 6.07) is 7.62. The van der Waals surface area contributed by atoms with Gasteiger partial charge in [0.1, 0.15) is 11.8 Å². The fourth-order valence-electron chi connectivity index (χ4n) is 1.75. The first kappa shape index (κ1) is 10.9. The van der Waals surface area contributed by atoms with Gasteiger partial charge in [0, 0.05) is 11.8 Å². The molecule has 1 aromatic carbocycles. The third-order valence-electron chi connectivity index (χ3n) is 2.61. The van der Waals surface area contributed by atoms with Crippen molar-refractivity contribution in [2.24, 2.45) is 0 Å². The van der Waals surface area contributed by atoms with Crippen LogP contribution in [0.25, 0.3) is 11.0 Å². The fourth-order valence-corrected chi connectivity index (χ4v) is 1.75. The number of para-hydroxylation sites is 1. The van der Waals surface area contributed by atoms with Crippen LogP contribution >= 0.6 is 0 Å². The molecule has 2 aromatic rings. The zero-order chi connectivity index (χ0) is 11.4. The maximum atomic E-state index is 11.9. The van der Waals surface area contributed by atoms with Crippen molar-refractivity contribution < 1.29 is 9.21 Å². The van der Waals surface area contributed by atoms with Crippen LogP contribution in [-0.2, 0) is 0 Å². The van der Waals surface area contributed by atoms with Gasteiger partial charge in [-0.15, -0.1) is 0 Å². The molecule has 0 saturated heterocycles. The average molecular weight is 217 g/mol. The number of hydrogen-bond acceptors (Lipinski definition) is 3. The lowest BCUT2D eigenvalue weighted by Gasteiger charge is -1.98. The molecule has 0 aliphatic heterocycles. The minimum Gasteiger partial charge on any atom is -0.464 e. The van der Waals surface area contributed by atoms with Gasteiger partial charge in [-0.2, -0.15) is 0 Å². The van der Waals surface area contributed by atoms with E-state index in [9.17, 15) is 4.79 Å². The predicted molar refractivity (Wildman–Crippen MR) is 63.7 cm³/mol. The highest BCUT2D eigenvalue weighted by atomic mass is 16.3. The van der Waals surface area contributed by atoms with Crippen LogP contribution in [0.5, 0.6) is 0 Å². The number of carbonyl (C=O) groups excluding carboxylic acids is 1. The van der Waals surface area contributed by atoms with Crippen molar-refractivity contribution >= 4 is 16.8 Å². The van der Waals surface area contributed by atoms with Gasteiger partial charge >= 0.3 is 0 Å². The Bertz CT molecular complexity index is 487. The second kappa shape index (κ2) is 4.94. The molecule has 0 unspecified atom stereocenters. The van der Waals surface area contributed by atoms with Gasteiger partial charge in [0.2, 0.25) is 0 Å². The SMILES string of the molecule is CNCCCC(=O)c1coc2ccccc12. The highest BCUT2D eigenvalue weighted by Gasteiger charge is 2.12. The molecular formula is C13H15NO2. The lowest BCUT2D eigenvalue weighted by molar-refractivity contribution is 0.0981. The smallest absolute Gasteiger partial charge is 0.166 e. The third-order valence-corrected chi connectivity index (χ3v) is 2.61. The molecule has 2 rings (SSSR count). The van der Waals surface area contributed by atoms with Gasteiger partial charge in [0.15, 0.2) is 5.78 Å². The second-order valence-corrected chi connectivity index (χ2v) is 3.78. The van der Waals surface area contributed by atoms with Crippen LogP contribution in [0.1, 0.15) is 23.2 Å². The molecule has 0 aliphatic carbocycles. The summed E-state index contributed by atoms with van der Waals surface area (Å²) in [5, 5.41) is 3.94. The van der Waals surface area contributed by atoms with Gasteiger partial charge in [0.05, 0.1) is 5.56 Å². The number of nitrogens with one attached hydrogen (secondary N) is 1. The lowest BCUT2D eigenvalue weighted by atomic mass is 10.1. The molecule has 0 spiro atoms. The van der Waals surface area contributed by atoms with E-state index in [-0.39, 0.29) is 5.78 Å². The Morgan fingerprint density at radius 3 is 3.00 bits per heavy atom. The van der Waals surface area contributed by atoms with E-state index in [1.807, 2.05) is 31.3 Å². The summed E-state index contributed by atoms with van der Waals surface area (Å²) < 4.78 is 5.34. The van der Waals surface area contributed by atoms with Crippen LogP contribution in [0.3, 0.4) is 0 Å². The predicted octanol–water partition coefficient (Wildman–Crippen LogP) is 2.62. The number of carbonyl (C=O) groups is 1. The van der Waals surface area contributed by atoms with Crippen LogP contribution in [0.15, 0.2) is 34.9 Å². The molecule has 0 amide bonds. The molecule has 16 heavy (non-hydrogen) atoms. The lowest BCUT2D eigenvalue weighted by Crippen LogP contribution is -2.09. The normalized spacial score (nSPS) is 10.8. The quantitative estimate of drug-likeness (QED) is 0.618. The van der Waals surface area contributed by atoms with Crippen LogP contribution in [0, 0.1) is 0 Å². The summed E-state index contributed by atoms with van der Waals surface area (Å²) >= 11 is 0. The summed E-state index contributed by atoms with van der Waals surface area (Å²) in [6.45, 7) is 0.863. The van der Waals surface area contributed by atoms with Gasteiger partial charge in [0.25, 0.3) is 0 Å². The van der Waals surface area contributed by atoms with Gasteiger partial charge in [-0.3, -0.25) is 4.79 Å². The summed E-state index contributed by atoms with van der Waals surface area (Å²) in [4.78, 5) is 11.9. The van der Waals surface area contributed by atoms with E-state index in [2.05, 4.69) is 5.32 Å². The van der Waals surface area contributed by atoms with Gasteiger partial charge < -0.3 is 9.73 Å². The number of rotatable bonds is 5. The minimum atomic E-state index is 0.153. The van der Waals surface area contributed by atoms with Gasteiger partial charge in [-0.1, -0.05) is 18.2 Å². The van der Waals surface area contributed by atoms with Crippen molar-refractivity contribution in [2.45, 2.75) is 12.8 Å². The van der Waals surface area contributed by atoms with Gasteiger partial charge in [-0.05, 0) is 26.1 Å². The maximum absolute atomic E-state index is 11.9. The first-order valence-electron chi connectivity index (χ1n) is 5.47. The number of benzene rings is 1. The van der Waals surface area contributed by atoms with E-state index in [4.69, 9.17) is 4.42 Å². The number of fused-ring (bicyclic) bond motifs is 1. The standard InChI is InChI=1S/C13H15NO2/c1-14-8-4-6-12(15)11-9-16-13-7-3-2-5-10(11)13/h2-3,5,7,9,14H,4,6,8H2,1H3. The molecule has 3 heteroatoms.